The summed E-state index contributed by atoms with van der Waals surface area (Å²) in [6, 6.07) is 0. The second-order valence-electron chi connectivity index (χ2n) is 4.46. The molecule has 2 unspecified atom stereocenters. The van der Waals surface area contributed by atoms with Gasteiger partial charge in [0.05, 0.1) is 6.10 Å². The highest BCUT2D eigenvalue weighted by Crippen LogP contribution is 2.20. The van der Waals surface area contributed by atoms with Crippen molar-refractivity contribution in [2.24, 2.45) is 0 Å². The smallest absolute Gasteiger partial charge is 0.332 e. The third-order valence-electron chi connectivity index (χ3n) is 2.92. The summed E-state index contributed by atoms with van der Waals surface area (Å²) in [5, 5.41) is 8.83. The Morgan fingerprint density at radius 1 is 1.31 bits per heavy atom. The van der Waals surface area contributed by atoms with Crippen LogP contribution in [-0.2, 0) is 9.53 Å². The molecule has 2 atom stereocenters. The second-order valence-corrected chi connectivity index (χ2v) is 4.46. The van der Waals surface area contributed by atoms with Gasteiger partial charge in [0, 0.05) is 6.54 Å². The van der Waals surface area contributed by atoms with E-state index in [2.05, 4.69) is 18.7 Å². The number of rotatable bonds is 7. The summed E-state index contributed by atoms with van der Waals surface area (Å²) < 4.78 is 5.50. The van der Waals surface area contributed by atoms with Crippen molar-refractivity contribution in [3.8, 4) is 0 Å². The Bertz CT molecular complexity index is 214. The maximum Gasteiger partial charge on any atom is 0.332 e. The van der Waals surface area contributed by atoms with Crippen molar-refractivity contribution in [2.75, 3.05) is 19.6 Å². The Morgan fingerprint density at radius 2 is 1.94 bits per heavy atom. The van der Waals surface area contributed by atoms with Gasteiger partial charge in [-0.2, -0.15) is 0 Å². The number of hydrogen-bond donors (Lipinski definition) is 1. The van der Waals surface area contributed by atoms with E-state index in [4.69, 9.17) is 9.84 Å². The second kappa shape index (κ2) is 6.86. The van der Waals surface area contributed by atoms with E-state index < -0.39 is 12.1 Å². The molecular formula is C12H23NO3. The van der Waals surface area contributed by atoms with E-state index in [1.165, 1.54) is 0 Å². The van der Waals surface area contributed by atoms with Gasteiger partial charge < -0.3 is 14.7 Å². The van der Waals surface area contributed by atoms with E-state index in [9.17, 15) is 4.79 Å². The first-order valence-electron chi connectivity index (χ1n) is 6.28. The minimum absolute atomic E-state index is 0.110. The molecule has 1 rings (SSSR count). The van der Waals surface area contributed by atoms with Crippen LogP contribution in [0, 0.1) is 0 Å². The quantitative estimate of drug-likeness (QED) is 0.722. The third kappa shape index (κ3) is 4.10. The fourth-order valence-electron chi connectivity index (χ4n) is 2.24. The molecule has 1 heterocycles. The SMILES string of the molecule is CCCN(CCC)CC1CCC(C(=O)O)O1. The zero-order chi connectivity index (χ0) is 12.0. The summed E-state index contributed by atoms with van der Waals surface area (Å²) in [7, 11) is 0. The zero-order valence-corrected chi connectivity index (χ0v) is 10.3. The Kier molecular flexibility index (Phi) is 5.77. The lowest BCUT2D eigenvalue weighted by atomic mass is 10.2. The Hall–Kier alpha value is -0.610. The molecule has 1 N–H and O–H groups in total. The van der Waals surface area contributed by atoms with Crippen LogP contribution in [0.4, 0.5) is 0 Å². The van der Waals surface area contributed by atoms with Crippen molar-refractivity contribution >= 4 is 5.97 Å². The number of nitrogens with zero attached hydrogens (tertiary/aromatic N) is 1. The van der Waals surface area contributed by atoms with Gasteiger partial charge in [0.2, 0.25) is 0 Å². The Balaban J connectivity index is 2.32. The van der Waals surface area contributed by atoms with E-state index in [0.717, 1.165) is 38.9 Å². The summed E-state index contributed by atoms with van der Waals surface area (Å²) in [5.74, 6) is -0.819. The molecule has 1 aliphatic rings. The van der Waals surface area contributed by atoms with Crippen molar-refractivity contribution in [2.45, 2.75) is 51.7 Å². The van der Waals surface area contributed by atoms with Crippen molar-refractivity contribution in [1.82, 2.24) is 4.90 Å². The number of ether oxygens (including phenoxy) is 1. The molecule has 0 radical (unpaired) electrons. The monoisotopic (exact) mass is 229 g/mol. The highest BCUT2D eigenvalue weighted by atomic mass is 16.5. The maximum atomic E-state index is 10.7. The van der Waals surface area contributed by atoms with E-state index in [1.54, 1.807) is 0 Å². The van der Waals surface area contributed by atoms with Gasteiger partial charge in [-0.15, -0.1) is 0 Å². The van der Waals surface area contributed by atoms with Gasteiger partial charge in [-0.05, 0) is 38.8 Å². The summed E-state index contributed by atoms with van der Waals surface area (Å²) >= 11 is 0. The van der Waals surface area contributed by atoms with Crippen LogP contribution < -0.4 is 0 Å². The van der Waals surface area contributed by atoms with Crippen LogP contribution in [0.1, 0.15) is 39.5 Å². The fourth-order valence-corrected chi connectivity index (χ4v) is 2.24. The highest BCUT2D eigenvalue weighted by molar-refractivity contribution is 5.72. The number of carboxylic acids is 1. The van der Waals surface area contributed by atoms with Gasteiger partial charge in [0.25, 0.3) is 0 Å². The molecule has 4 heteroatoms. The molecule has 0 aliphatic carbocycles. The number of carboxylic acid groups (broad SMARTS) is 1. The van der Waals surface area contributed by atoms with Crippen molar-refractivity contribution < 1.29 is 14.6 Å². The van der Waals surface area contributed by atoms with E-state index >= 15 is 0 Å². The molecule has 1 saturated heterocycles. The van der Waals surface area contributed by atoms with Crippen molar-refractivity contribution in [3.05, 3.63) is 0 Å². The van der Waals surface area contributed by atoms with E-state index in [0.29, 0.717) is 6.42 Å². The van der Waals surface area contributed by atoms with Crippen LogP contribution in [0.2, 0.25) is 0 Å². The minimum Gasteiger partial charge on any atom is -0.479 e. The first-order chi connectivity index (χ1) is 7.67. The minimum atomic E-state index is -0.819. The standard InChI is InChI=1S/C12H23NO3/c1-3-7-13(8-4-2)9-10-5-6-11(16-10)12(14)15/h10-11H,3-9H2,1-2H3,(H,14,15). The topological polar surface area (TPSA) is 49.8 Å². The lowest BCUT2D eigenvalue weighted by Crippen LogP contribution is -2.34. The van der Waals surface area contributed by atoms with E-state index in [-0.39, 0.29) is 6.10 Å². The molecule has 0 aromatic carbocycles. The van der Waals surface area contributed by atoms with Crippen molar-refractivity contribution in [3.63, 3.8) is 0 Å². The largest absolute Gasteiger partial charge is 0.479 e. The van der Waals surface area contributed by atoms with Gasteiger partial charge >= 0.3 is 5.97 Å². The molecule has 4 nitrogen and oxygen atoms in total. The lowest BCUT2D eigenvalue weighted by molar-refractivity contribution is -0.149. The van der Waals surface area contributed by atoms with Crippen molar-refractivity contribution in [1.29, 1.82) is 0 Å². The van der Waals surface area contributed by atoms with Gasteiger partial charge in [0.1, 0.15) is 0 Å². The van der Waals surface area contributed by atoms with Crippen LogP contribution in [0.15, 0.2) is 0 Å². The van der Waals surface area contributed by atoms with Crippen LogP contribution in [0.3, 0.4) is 0 Å². The van der Waals surface area contributed by atoms with Crippen LogP contribution in [0.5, 0.6) is 0 Å². The average molecular weight is 229 g/mol. The highest BCUT2D eigenvalue weighted by Gasteiger charge is 2.31. The molecule has 0 amide bonds. The maximum absolute atomic E-state index is 10.7. The number of aliphatic carboxylic acids is 1. The van der Waals surface area contributed by atoms with Gasteiger partial charge in [-0.25, -0.2) is 4.79 Å². The predicted molar refractivity (Wildman–Crippen MR) is 62.6 cm³/mol. The molecule has 94 valence electrons. The lowest BCUT2D eigenvalue weighted by Gasteiger charge is -2.24. The first-order valence-corrected chi connectivity index (χ1v) is 6.28. The third-order valence-corrected chi connectivity index (χ3v) is 2.92. The Morgan fingerprint density at radius 3 is 2.38 bits per heavy atom. The van der Waals surface area contributed by atoms with Gasteiger partial charge in [-0.3, -0.25) is 0 Å². The van der Waals surface area contributed by atoms with Crippen LogP contribution >= 0.6 is 0 Å². The molecular weight excluding hydrogens is 206 g/mol. The normalized spacial score (nSPS) is 25.2. The molecule has 16 heavy (non-hydrogen) atoms. The summed E-state index contributed by atoms with van der Waals surface area (Å²) in [6.07, 6.45) is 3.34. The van der Waals surface area contributed by atoms with Crippen LogP contribution in [0.25, 0.3) is 0 Å². The average Bonchev–Trinajstić information content (AvgIpc) is 2.67. The molecule has 1 aliphatic heterocycles. The molecule has 0 aromatic heterocycles. The zero-order valence-electron chi connectivity index (χ0n) is 10.3. The molecule has 0 bridgehead atoms. The van der Waals surface area contributed by atoms with Gasteiger partial charge in [0.15, 0.2) is 6.10 Å². The summed E-state index contributed by atoms with van der Waals surface area (Å²) in [6.45, 7) is 7.36. The Labute approximate surface area is 97.6 Å². The molecule has 0 saturated carbocycles. The predicted octanol–water partition coefficient (Wildman–Crippen LogP) is 1.74. The number of carbonyl (C=O) groups is 1. The van der Waals surface area contributed by atoms with E-state index in [1.807, 2.05) is 0 Å². The fraction of sp³-hybridized carbons (Fsp3) is 0.917. The van der Waals surface area contributed by atoms with Gasteiger partial charge in [-0.1, -0.05) is 13.8 Å². The summed E-state index contributed by atoms with van der Waals surface area (Å²) in [4.78, 5) is 13.1. The molecule has 1 fully saturated rings. The molecule has 0 spiro atoms. The summed E-state index contributed by atoms with van der Waals surface area (Å²) in [5.41, 5.74) is 0. The van der Waals surface area contributed by atoms with Crippen LogP contribution in [-0.4, -0.2) is 47.8 Å². The molecule has 0 aromatic rings. The first kappa shape index (κ1) is 13.5. The number of hydrogen-bond acceptors (Lipinski definition) is 3.